The molecule has 0 aliphatic carbocycles. The summed E-state index contributed by atoms with van der Waals surface area (Å²) < 4.78 is 32.7. The van der Waals surface area contributed by atoms with Crippen molar-refractivity contribution in [2.75, 3.05) is 26.4 Å². The quantitative estimate of drug-likeness (QED) is 0.0234. The molecule has 0 aromatic carbocycles. The van der Waals surface area contributed by atoms with Gasteiger partial charge in [-0.2, -0.15) is 0 Å². The van der Waals surface area contributed by atoms with Crippen molar-refractivity contribution in [3.8, 4) is 0 Å². The predicted molar refractivity (Wildman–Crippen MR) is 242 cm³/mol. The molecule has 0 aliphatic heterocycles. The molecule has 0 aromatic rings. The maximum atomic E-state index is 12.6. The van der Waals surface area contributed by atoms with Gasteiger partial charge in [0, 0.05) is 12.8 Å². The molecule has 0 aliphatic rings. The van der Waals surface area contributed by atoms with E-state index in [0.717, 1.165) is 57.8 Å². The number of unbranched alkanes of at least 4 members (excludes halogenated alkanes) is 19. The van der Waals surface area contributed by atoms with Crippen LogP contribution in [0.4, 0.5) is 0 Å². The summed E-state index contributed by atoms with van der Waals surface area (Å²) in [7, 11) is -4.64. The van der Waals surface area contributed by atoms with Crippen molar-refractivity contribution < 1.29 is 47.8 Å². The normalized spacial score (nSPS) is 14.3. The highest BCUT2D eigenvalue weighted by atomic mass is 31.2. The minimum Gasteiger partial charge on any atom is -0.462 e. The van der Waals surface area contributed by atoms with E-state index in [-0.39, 0.29) is 19.4 Å². The molecule has 0 saturated carbocycles. The molecular weight excluding hydrogens is 767 g/mol. The van der Waals surface area contributed by atoms with Crippen LogP contribution < -0.4 is 0 Å². The van der Waals surface area contributed by atoms with Gasteiger partial charge in [0.1, 0.15) is 12.7 Å². The van der Waals surface area contributed by atoms with Crippen molar-refractivity contribution in [1.29, 1.82) is 0 Å². The minimum absolute atomic E-state index is 0.161. The van der Waals surface area contributed by atoms with Crippen molar-refractivity contribution in [3.05, 3.63) is 60.8 Å². The van der Waals surface area contributed by atoms with Crippen LogP contribution >= 0.6 is 7.82 Å². The number of aliphatic hydroxyl groups excluding tert-OH is 2. The standard InChI is InChI=1S/C48H85O10P/c1-3-5-7-9-11-13-15-17-19-20-21-22-23-24-26-27-29-31-33-35-37-39-47(51)55-43-46(44-57-59(53,54)56-42-45(50)41-49)58-48(52)40-38-36-34-32-30-28-25-18-16-14-12-10-8-6-4-2/h18-20,22-23,25-27,31,33,45-46,49-50H,3-17,21,24,28-30,32,34-44H2,1-2H3,(H,53,54)/b20-19+,23-22+,25-18+,27-26+,33-31+/t45-,46+/m1/s1. The molecule has 10 nitrogen and oxygen atoms in total. The molecule has 0 amide bonds. The fourth-order valence-electron chi connectivity index (χ4n) is 6.04. The summed E-state index contributed by atoms with van der Waals surface area (Å²) >= 11 is 0. The summed E-state index contributed by atoms with van der Waals surface area (Å²) in [6.45, 7) is 2.30. The second-order valence-corrected chi connectivity index (χ2v) is 16.9. The summed E-state index contributed by atoms with van der Waals surface area (Å²) in [6, 6.07) is 0. The zero-order chi connectivity index (χ0) is 43.3. The van der Waals surface area contributed by atoms with Crippen LogP contribution in [-0.2, 0) is 32.7 Å². The lowest BCUT2D eigenvalue weighted by atomic mass is 10.1. The molecule has 0 bridgehead atoms. The fraction of sp³-hybridized carbons (Fsp3) is 0.750. The number of hydrogen-bond acceptors (Lipinski definition) is 9. The van der Waals surface area contributed by atoms with Crippen LogP contribution in [0.2, 0.25) is 0 Å². The van der Waals surface area contributed by atoms with Crippen molar-refractivity contribution in [2.45, 2.75) is 206 Å². The summed E-state index contributed by atoms with van der Waals surface area (Å²) in [6.07, 6.45) is 49.1. The van der Waals surface area contributed by atoms with E-state index in [2.05, 4.69) is 73.1 Å². The largest absolute Gasteiger partial charge is 0.472 e. The molecule has 11 heteroatoms. The Bertz CT molecular complexity index is 1160. The maximum absolute atomic E-state index is 12.6. The molecule has 0 aromatic heterocycles. The zero-order valence-corrected chi connectivity index (χ0v) is 38.1. The fourth-order valence-corrected chi connectivity index (χ4v) is 6.83. The van der Waals surface area contributed by atoms with Gasteiger partial charge in [-0.1, -0.05) is 164 Å². The zero-order valence-electron chi connectivity index (χ0n) is 37.2. The first kappa shape index (κ1) is 56.7. The number of phosphoric acid groups is 1. The smallest absolute Gasteiger partial charge is 0.462 e. The van der Waals surface area contributed by atoms with E-state index < -0.39 is 51.8 Å². The molecule has 59 heavy (non-hydrogen) atoms. The predicted octanol–water partition coefficient (Wildman–Crippen LogP) is 12.7. The lowest BCUT2D eigenvalue weighted by Crippen LogP contribution is -2.29. The number of hydrogen-bond donors (Lipinski definition) is 3. The van der Waals surface area contributed by atoms with Gasteiger partial charge < -0.3 is 24.6 Å². The Morgan fingerprint density at radius 3 is 1.39 bits per heavy atom. The molecule has 0 radical (unpaired) electrons. The van der Waals surface area contributed by atoms with Crippen LogP contribution in [0, 0.1) is 0 Å². The van der Waals surface area contributed by atoms with Gasteiger partial charge in [-0.05, 0) is 77.0 Å². The summed E-state index contributed by atoms with van der Waals surface area (Å²) in [4.78, 5) is 35.0. The SMILES string of the molecule is CCCCCCCC/C=C/CCCCCCCC(=O)O[C@@H](COC(=O)CCC/C=C/C/C=C/C/C=C/C/C=C/CCCCCCCCC)COP(=O)(O)OC[C@H](O)CO. The lowest BCUT2D eigenvalue weighted by Gasteiger charge is -2.20. The van der Waals surface area contributed by atoms with E-state index in [1.807, 2.05) is 6.08 Å². The summed E-state index contributed by atoms with van der Waals surface area (Å²) in [5, 5.41) is 18.3. The molecule has 0 spiro atoms. The van der Waals surface area contributed by atoms with Gasteiger partial charge in [-0.3, -0.25) is 18.6 Å². The van der Waals surface area contributed by atoms with Gasteiger partial charge in [0.2, 0.25) is 0 Å². The van der Waals surface area contributed by atoms with Gasteiger partial charge in [0.15, 0.2) is 6.10 Å². The van der Waals surface area contributed by atoms with Gasteiger partial charge in [0.25, 0.3) is 0 Å². The Balaban J connectivity index is 4.36. The molecule has 0 saturated heterocycles. The van der Waals surface area contributed by atoms with E-state index in [1.165, 1.54) is 89.9 Å². The number of carbonyl (C=O) groups excluding carboxylic acids is 2. The Kier molecular flexibility index (Phi) is 42.0. The third-order valence-electron chi connectivity index (χ3n) is 9.64. The van der Waals surface area contributed by atoms with E-state index in [0.29, 0.717) is 19.3 Å². The van der Waals surface area contributed by atoms with E-state index in [9.17, 15) is 24.2 Å². The van der Waals surface area contributed by atoms with Gasteiger partial charge in [-0.25, -0.2) is 4.57 Å². The minimum atomic E-state index is -4.64. The summed E-state index contributed by atoms with van der Waals surface area (Å²) in [5.41, 5.74) is 0. The third kappa shape index (κ3) is 43.6. The molecule has 0 heterocycles. The van der Waals surface area contributed by atoms with Crippen LogP contribution in [0.5, 0.6) is 0 Å². The molecule has 0 fully saturated rings. The summed E-state index contributed by atoms with van der Waals surface area (Å²) in [5.74, 6) is -1.00. The Labute approximate surface area is 359 Å². The number of rotatable bonds is 43. The molecule has 342 valence electrons. The molecular formula is C48H85O10P. The van der Waals surface area contributed by atoms with E-state index >= 15 is 0 Å². The highest BCUT2D eigenvalue weighted by Crippen LogP contribution is 2.43. The van der Waals surface area contributed by atoms with Crippen LogP contribution in [0.25, 0.3) is 0 Å². The second kappa shape index (κ2) is 43.7. The van der Waals surface area contributed by atoms with Crippen molar-refractivity contribution >= 4 is 19.8 Å². The molecule has 3 N–H and O–H groups in total. The first-order valence-corrected chi connectivity index (χ1v) is 24.7. The van der Waals surface area contributed by atoms with Crippen LogP contribution in [-0.4, -0.2) is 65.7 Å². The topological polar surface area (TPSA) is 149 Å². The van der Waals surface area contributed by atoms with Crippen molar-refractivity contribution in [2.24, 2.45) is 0 Å². The Morgan fingerprint density at radius 2 is 0.898 bits per heavy atom. The van der Waals surface area contributed by atoms with Gasteiger partial charge >= 0.3 is 19.8 Å². The first-order chi connectivity index (χ1) is 28.7. The highest BCUT2D eigenvalue weighted by Gasteiger charge is 2.27. The average molecular weight is 853 g/mol. The molecule has 1 unspecified atom stereocenters. The third-order valence-corrected chi connectivity index (χ3v) is 10.6. The first-order valence-electron chi connectivity index (χ1n) is 23.2. The number of aliphatic hydroxyl groups is 2. The monoisotopic (exact) mass is 853 g/mol. The van der Waals surface area contributed by atoms with E-state index in [1.54, 1.807) is 0 Å². The number of phosphoric ester groups is 1. The Morgan fingerprint density at radius 1 is 0.508 bits per heavy atom. The van der Waals surface area contributed by atoms with Crippen molar-refractivity contribution in [3.63, 3.8) is 0 Å². The van der Waals surface area contributed by atoms with Gasteiger partial charge in [-0.15, -0.1) is 0 Å². The number of esters is 2. The number of carbonyl (C=O) groups is 2. The van der Waals surface area contributed by atoms with Crippen LogP contribution in [0.3, 0.4) is 0 Å². The van der Waals surface area contributed by atoms with Crippen LogP contribution in [0.15, 0.2) is 60.8 Å². The van der Waals surface area contributed by atoms with Crippen LogP contribution in [0.1, 0.15) is 194 Å². The van der Waals surface area contributed by atoms with Gasteiger partial charge in [0.05, 0.1) is 19.8 Å². The number of ether oxygens (including phenoxy) is 2. The molecule has 3 atom stereocenters. The Hall–Kier alpha value is -2.33. The molecule has 0 rings (SSSR count). The van der Waals surface area contributed by atoms with Crippen molar-refractivity contribution in [1.82, 2.24) is 0 Å². The average Bonchev–Trinajstić information content (AvgIpc) is 3.22. The lowest BCUT2D eigenvalue weighted by molar-refractivity contribution is -0.161. The second-order valence-electron chi connectivity index (χ2n) is 15.4. The highest BCUT2D eigenvalue weighted by molar-refractivity contribution is 7.47. The maximum Gasteiger partial charge on any atom is 0.472 e. The number of allylic oxidation sites excluding steroid dienone is 10. The van der Waals surface area contributed by atoms with E-state index in [4.69, 9.17) is 19.1 Å².